The van der Waals surface area contributed by atoms with Crippen LogP contribution in [0.4, 0.5) is 0 Å². The minimum absolute atomic E-state index is 0.0621. The zero-order chi connectivity index (χ0) is 15.5. The van der Waals surface area contributed by atoms with E-state index in [9.17, 15) is 13.5 Å². The molecule has 2 rings (SSSR count). The van der Waals surface area contributed by atoms with E-state index in [-0.39, 0.29) is 17.5 Å². The van der Waals surface area contributed by atoms with Crippen LogP contribution in [0.15, 0.2) is 23.1 Å². The van der Waals surface area contributed by atoms with Crippen LogP contribution in [-0.2, 0) is 16.6 Å². The largest absolute Gasteiger partial charge is 0.494 e. The molecule has 0 spiro atoms. The lowest BCUT2D eigenvalue weighted by atomic mass is 9.81. The number of benzene rings is 1. The number of aliphatic hydroxyl groups is 1. The fourth-order valence-electron chi connectivity index (χ4n) is 2.49. The first-order valence-corrected chi connectivity index (χ1v) is 8.85. The SMILES string of the molecule is CCOc1ccc(S(=O)(=O)NC(C)C2CCC2)cc1CO. The topological polar surface area (TPSA) is 75.6 Å². The molecule has 1 aromatic carbocycles. The van der Waals surface area contributed by atoms with Crippen LogP contribution >= 0.6 is 0 Å². The smallest absolute Gasteiger partial charge is 0.240 e. The number of hydrogen-bond acceptors (Lipinski definition) is 4. The molecule has 1 atom stereocenters. The Hall–Kier alpha value is -1.11. The summed E-state index contributed by atoms with van der Waals surface area (Å²) in [6.07, 6.45) is 3.33. The van der Waals surface area contributed by atoms with Crippen LogP contribution in [0.1, 0.15) is 38.7 Å². The first-order chi connectivity index (χ1) is 9.97. The van der Waals surface area contributed by atoms with Gasteiger partial charge in [0.1, 0.15) is 5.75 Å². The van der Waals surface area contributed by atoms with Gasteiger partial charge in [-0.25, -0.2) is 13.1 Å². The Kier molecular flexibility index (Phi) is 5.24. The van der Waals surface area contributed by atoms with E-state index in [0.717, 1.165) is 12.8 Å². The highest BCUT2D eigenvalue weighted by Gasteiger charge is 2.28. The summed E-state index contributed by atoms with van der Waals surface area (Å²) in [6.45, 7) is 3.96. The molecule has 1 aromatic rings. The van der Waals surface area contributed by atoms with Crippen LogP contribution in [-0.4, -0.2) is 26.2 Å². The number of nitrogens with one attached hydrogen (secondary N) is 1. The molecule has 5 nitrogen and oxygen atoms in total. The zero-order valence-corrected chi connectivity index (χ0v) is 13.3. The van der Waals surface area contributed by atoms with Crippen molar-refractivity contribution in [1.82, 2.24) is 4.72 Å². The Morgan fingerprint density at radius 3 is 2.67 bits per heavy atom. The van der Waals surface area contributed by atoms with Gasteiger partial charge in [-0.15, -0.1) is 0 Å². The van der Waals surface area contributed by atoms with Crippen LogP contribution < -0.4 is 9.46 Å². The van der Waals surface area contributed by atoms with E-state index in [1.165, 1.54) is 18.6 Å². The second-order valence-corrected chi connectivity index (χ2v) is 7.18. The molecule has 1 aliphatic rings. The zero-order valence-electron chi connectivity index (χ0n) is 12.5. The molecule has 0 aliphatic heterocycles. The third-order valence-corrected chi connectivity index (χ3v) is 5.57. The summed E-state index contributed by atoms with van der Waals surface area (Å²) in [5.41, 5.74) is 0.482. The molecule has 1 aliphatic carbocycles. The monoisotopic (exact) mass is 313 g/mol. The van der Waals surface area contributed by atoms with Gasteiger partial charge in [-0.3, -0.25) is 0 Å². The lowest BCUT2D eigenvalue weighted by Gasteiger charge is -2.31. The van der Waals surface area contributed by atoms with Crippen molar-refractivity contribution in [2.45, 2.75) is 50.7 Å². The van der Waals surface area contributed by atoms with Gasteiger partial charge >= 0.3 is 0 Å². The van der Waals surface area contributed by atoms with E-state index in [4.69, 9.17) is 4.74 Å². The molecule has 1 fully saturated rings. The van der Waals surface area contributed by atoms with Crippen LogP contribution in [0, 0.1) is 5.92 Å². The average Bonchev–Trinajstić information content (AvgIpc) is 2.36. The Morgan fingerprint density at radius 2 is 2.14 bits per heavy atom. The maximum Gasteiger partial charge on any atom is 0.240 e. The van der Waals surface area contributed by atoms with E-state index in [1.807, 2.05) is 13.8 Å². The van der Waals surface area contributed by atoms with Crippen molar-refractivity contribution in [3.63, 3.8) is 0 Å². The number of rotatable bonds is 7. The highest BCUT2D eigenvalue weighted by molar-refractivity contribution is 7.89. The van der Waals surface area contributed by atoms with Gasteiger partial charge < -0.3 is 9.84 Å². The molecular weight excluding hydrogens is 290 g/mol. The molecule has 6 heteroatoms. The third-order valence-electron chi connectivity index (χ3n) is 4.01. The van der Waals surface area contributed by atoms with Crippen molar-refractivity contribution in [1.29, 1.82) is 0 Å². The molecule has 0 bridgehead atoms. The number of aliphatic hydroxyl groups excluding tert-OH is 1. The highest BCUT2D eigenvalue weighted by atomic mass is 32.2. The standard InChI is InChI=1S/C15H23NO4S/c1-3-20-15-8-7-14(9-13(15)10-17)21(18,19)16-11(2)12-5-4-6-12/h7-9,11-12,16-17H,3-6,10H2,1-2H3. The van der Waals surface area contributed by atoms with E-state index >= 15 is 0 Å². The second kappa shape index (κ2) is 6.77. The van der Waals surface area contributed by atoms with E-state index in [1.54, 1.807) is 6.07 Å². The molecule has 1 unspecified atom stereocenters. The molecule has 0 aromatic heterocycles. The van der Waals surface area contributed by atoms with Crippen LogP contribution in [0.3, 0.4) is 0 Å². The summed E-state index contributed by atoms with van der Waals surface area (Å²) < 4.78 is 32.9. The quantitative estimate of drug-likeness (QED) is 0.808. The number of sulfonamides is 1. The van der Waals surface area contributed by atoms with Gasteiger partial charge in [0, 0.05) is 11.6 Å². The molecule has 0 heterocycles. The van der Waals surface area contributed by atoms with E-state index < -0.39 is 10.0 Å². The van der Waals surface area contributed by atoms with Crippen molar-refractivity contribution in [2.75, 3.05) is 6.61 Å². The Labute approximate surface area is 126 Å². The predicted octanol–water partition coefficient (Wildman–Crippen LogP) is 2.04. The second-order valence-electron chi connectivity index (χ2n) is 5.46. The molecule has 0 saturated heterocycles. The fourth-order valence-corrected chi connectivity index (χ4v) is 3.85. The Bertz CT molecular complexity index is 581. The van der Waals surface area contributed by atoms with Gasteiger partial charge in [0.05, 0.1) is 18.1 Å². The predicted molar refractivity (Wildman–Crippen MR) is 80.7 cm³/mol. The summed E-state index contributed by atoms with van der Waals surface area (Å²) in [7, 11) is -3.56. The molecule has 21 heavy (non-hydrogen) atoms. The molecule has 1 saturated carbocycles. The normalized spacial score (nSPS) is 17.3. The maximum absolute atomic E-state index is 12.4. The first-order valence-electron chi connectivity index (χ1n) is 7.37. The molecular formula is C15H23NO4S. The van der Waals surface area contributed by atoms with Crippen LogP contribution in [0.25, 0.3) is 0 Å². The molecule has 0 radical (unpaired) electrons. The van der Waals surface area contributed by atoms with Gasteiger partial charge in [0.25, 0.3) is 0 Å². The van der Waals surface area contributed by atoms with Crippen molar-refractivity contribution >= 4 is 10.0 Å². The Balaban J connectivity index is 2.18. The molecule has 118 valence electrons. The lowest BCUT2D eigenvalue weighted by Crippen LogP contribution is -2.40. The van der Waals surface area contributed by atoms with Gasteiger partial charge in [0.15, 0.2) is 0 Å². The summed E-state index contributed by atoms with van der Waals surface area (Å²) >= 11 is 0. The molecule has 0 amide bonds. The summed E-state index contributed by atoms with van der Waals surface area (Å²) in [6, 6.07) is 4.52. The van der Waals surface area contributed by atoms with Crippen molar-refractivity contribution in [3.8, 4) is 5.75 Å². The summed E-state index contributed by atoms with van der Waals surface area (Å²) in [4.78, 5) is 0.168. The Morgan fingerprint density at radius 1 is 1.43 bits per heavy atom. The van der Waals surface area contributed by atoms with Crippen LogP contribution in [0.5, 0.6) is 5.75 Å². The van der Waals surface area contributed by atoms with E-state index in [0.29, 0.717) is 23.8 Å². The highest BCUT2D eigenvalue weighted by Crippen LogP contribution is 2.30. The summed E-state index contributed by atoms with van der Waals surface area (Å²) in [5, 5.41) is 9.36. The summed E-state index contributed by atoms with van der Waals surface area (Å²) in [5.74, 6) is 0.950. The van der Waals surface area contributed by atoms with Crippen molar-refractivity contribution in [3.05, 3.63) is 23.8 Å². The number of ether oxygens (including phenoxy) is 1. The minimum atomic E-state index is -3.56. The molecule has 2 N–H and O–H groups in total. The van der Waals surface area contributed by atoms with Gasteiger partial charge in [-0.1, -0.05) is 6.42 Å². The first kappa shape index (κ1) is 16.3. The van der Waals surface area contributed by atoms with Crippen molar-refractivity contribution < 1.29 is 18.3 Å². The van der Waals surface area contributed by atoms with E-state index in [2.05, 4.69) is 4.72 Å². The lowest BCUT2D eigenvalue weighted by molar-refractivity contribution is 0.260. The van der Waals surface area contributed by atoms with Crippen molar-refractivity contribution in [2.24, 2.45) is 5.92 Å². The maximum atomic E-state index is 12.4. The third kappa shape index (κ3) is 3.75. The fraction of sp³-hybridized carbons (Fsp3) is 0.600. The minimum Gasteiger partial charge on any atom is -0.494 e. The van der Waals surface area contributed by atoms with Gasteiger partial charge in [0.2, 0.25) is 10.0 Å². The average molecular weight is 313 g/mol. The van der Waals surface area contributed by atoms with Crippen LogP contribution in [0.2, 0.25) is 0 Å². The number of hydrogen-bond donors (Lipinski definition) is 2. The van der Waals surface area contributed by atoms with Gasteiger partial charge in [-0.05, 0) is 50.8 Å². The van der Waals surface area contributed by atoms with Gasteiger partial charge in [-0.2, -0.15) is 0 Å².